The summed E-state index contributed by atoms with van der Waals surface area (Å²) < 4.78 is 3.12. The molecule has 1 aliphatic carbocycles. The number of aromatic nitrogens is 1. The minimum Gasteiger partial charge on any atom is -0.351 e. The lowest BCUT2D eigenvalue weighted by Crippen LogP contribution is -2.65. The largest absolute Gasteiger partial charge is 0.351 e. The fourth-order valence-electron chi connectivity index (χ4n) is 5.14. The van der Waals surface area contributed by atoms with E-state index in [9.17, 15) is 9.59 Å². The van der Waals surface area contributed by atoms with Gasteiger partial charge in [-0.3, -0.25) is 14.5 Å². The first-order valence-electron chi connectivity index (χ1n) is 11.2. The highest BCUT2D eigenvalue weighted by molar-refractivity contribution is 7.17. The van der Waals surface area contributed by atoms with Crippen molar-refractivity contribution in [3.8, 4) is 0 Å². The Bertz CT molecular complexity index is 1170. The van der Waals surface area contributed by atoms with Crippen LogP contribution >= 0.6 is 11.3 Å². The summed E-state index contributed by atoms with van der Waals surface area (Å²) in [6, 6.07) is 10.3. The van der Waals surface area contributed by atoms with E-state index in [4.69, 9.17) is 0 Å². The fourth-order valence-corrected chi connectivity index (χ4v) is 5.96. The van der Waals surface area contributed by atoms with Crippen molar-refractivity contribution < 1.29 is 9.59 Å². The molecule has 1 saturated carbocycles. The van der Waals surface area contributed by atoms with Gasteiger partial charge in [0.25, 0.3) is 5.91 Å². The molecule has 0 saturated heterocycles. The fraction of sp³-hybridized carbons (Fsp3) is 0.440. The number of carbonyl (C=O) groups excluding carboxylic acids is 2. The van der Waals surface area contributed by atoms with Crippen molar-refractivity contribution in [2.24, 2.45) is 0 Å². The van der Waals surface area contributed by atoms with Gasteiger partial charge in [0.05, 0.1) is 16.8 Å². The zero-order valence-electron chi connectivity index (χ0n) is 18.4. The maximum absolute atomic E-state index is 13.9. The number of thiophene rings is 1. The number of hydrogen-bond donors (Lipinski definition) is 1. The van der Waals surface area contributed by atoms with Gasteiger partial charge in [0.1, 0.15) is 11.2 Å². The first-order valence-corrected chi connectivity index (χ1v) is 12.1. The molecule has 1 aromatic carbocycles. The third-order valence-electron chi connectivity index (χ3n) is 6.94. The molecule has 1 N–H and O–H groups in total. The molecule has 0 bridgehead atoms. The lowest BCUT2D eigenvalue weighted by molar-refractivity contribution is -0.127. The second-order valence-corrected chi connectivity index (χ2v) is 10.2. The van der Waals surface area contributed by atoms with Crippen molar-refractivity contribution in [2.75, 3.05) is 4.90 Å². The molecule has 1 aliphatic heterocycles. The van der Waals surface area contributed by atoms with E-state index in [-0.39, 0.29) is 17.9 Å². The van der Waals surface area contributed by atoms with Gasteiger partial charge in [-0.15, -0.1) is 11.3 Å². The molecule has 1 atom stereocenters. The Kier molecular flexibility index (Phi) is 4.93. The van der Waals surface area contributed by atoms with E-state index in [0.717, 1.165) is 52.7 Å². The van der Waals surface area contributed by atoms with E-state index in [1.165, 1.54) is 6.42 Å². The van der Waals surface area contributed by atoms with Gasteiger partial charge in [0, 0.05) is 11.7 Å². The van der Waals surface area contributed by atoms with E-state index in [1.807, 2.05) is 61.1 Å². The van der Waals surface area contributed by atoms with Crippen LogP contribution in [-0.2, 0) is 11.3 Å². The molecule has 5 rings (SSSR count). The minimum atomic E-state index is -1.01. The maximum Gasteiger partial charge on any atom is 0.275 e. The van der Waals surface area contributed by atoms with Crippen LogP contribution in [0.1, 0.15) is 60.6 Å². The summed E-state index contributed by atoms with van der Waals surface area (Å²) in [5.41, 5.74) is 3.58. The van der Waals surface area contributed by atoms with Gasteiger partial charge < -0.3 is 9.88 Å². The Balaban J connectivity index is 1.63. The molecule has 2 amide bonds. The van der Waals surface area contributed by atoms with Crippen molar-refractivity contribution in [2.45, 2.75) is 71.0 Å². The number of hydrogen-bond acceptors (Lipinski definition) is 3. The quantitative estimate of drug-likeness (QED) is 0.616. The molecule has 5 nitrogen and oxygen atoms in total. The van der Waals surface area contributed by atoms with Crippen LogP contribution in [0.2, 0.25) is 0 Å². The molecule has 3 heterocycles. The average molecular weight is 436 g/mol. The van der Waals surface area contributed by atoms with Crippen LogP contribution in [0, 0.1) is 13.8 Å². The molecule has 0 spiro atoms. The second-order valence-electron chi connectivity index (χ2n) is 9.30. The number of amides is 2. The smallest absolute Gasteiger partial charge is 0.275 e. The van der Waals surface area contributed by atoms with Crippen LogP contribution in [0.15, 0.2) is 35.7 Å². The van der Waals surface area contributed by atoms with E-state index >= 15 is 0 Å². The summed E-state index contributed by atoms with van der Waals surface area (Å²) >= 11 is 1.63. The van der Waals surface area contributed by atoms with E-state index in [0.29, 0.717) is 12.2 Å². The third kappa shape index (κ3) is 3.28. The van der Waals surface area contributed by atoms with Gasteiger partial charge in [-0.05, 0) is 68.3 Å². The molecule has 162 valence electrons. The zero-order chi connectivity index (χ0) is 21.8. The van der Waals surface area contributed by atoms with Gasteiger partial charge in [-0.2, -0.15) is 0 Å². The first kappa shape index (κ1) is 20.3. The van der Waals surface area contributed by atoms with Crippen LogP contribution < -0.4 is 10.2 Å². The number of nitrogens with one attached hydrogen (secondary N) is 1. The highest BCUT2D eigenvalue weighted by atomic mass is 32.1. The topological polar surface area (TPSA) is 54.3 Å². The Morgan fingerprint density at radius 2 is 1.90 bits per heavy atom. The molecule has 31 heavy (non-hydrogen) atoms. The predicted molar refractivity (Wildman–Crippen MR) is 126 cm³/mol. The normalized spacial score (nSPS) is 22.0. The van der Waals surface area contributed by atoms with Crippen molar-refractivity contribution >= 4 is 39.1 Å². The first-order chi connectivity index (χ1) is 14.9. The van der Waals surface area contributed by atoms with Gasteiger partial charge >= 0.3 is 0 Å². The number of carbonyl (C=O) groups is 2. The van der Waals surface area contributed by atoms with E-state index < -0.39 is 5.54 Å². The number of aryl methyl sites for hydroxylation is 2. The van der Waals surface area contributed by atoms with Crippen molar-refractivity contribution in [3.63, 3.8) is 0 Å². The Morgan fingerprint density at radius 3 is 2.68 bits per heavy atom. The van der Waals surface area contributed by atoms with Gasteiger partial charge in [0.15, 0.2) is 0 Å². The summed E-state index contributed by atoms with van der Waals surface area (Å²) in [7, 11) is 0. The van der Waals surface area contributed by atoms with Crippen LogP contribution in [0.3, 0.4) is 0 Å². The van der Waals surface area contributed by atoms with Crippen LogP contribution in [-0.4, -0.2) is 28.0 Å². The molecule has 2 aromatic heterocycles. The van der Waals surface area contributed by atoms with Gasteiger partial charge in [0.2, 0.25) is 5.91 Å². The summed E-state index contributed by atoms with van der Waals surface area (Å²) in [6.45, 7) is 6.40. The Labute approximate surface area is 187 Å². The van der Waals surface area contributed by atoms with E-state index in [1.54, 1.807) is 16.2 Å². The maximum atomic E-state index is 13.9. The van der Waals surface area contributed by atoms with Crippen LogP contribution in [0.5, 0.6) is 0 Å². The number of fused-ring (bicyclic) bond motifs is 3. The Hall–Kier alpha value is -2.60. The molecule has 1 fully saturated rings. The van der Waals surface area contributed by atoms with Gasteiger partial charge in [-0.1, -0.05) is 31.4 Å². The predicted octanol–water partition coefficient (Wildman–Crippen LogP) is 5.19. The number of anilines is 1. The summed E-state index contributed by atoms with van der Waals surface area (Å²) in [4.78, 5) is 29.5. The zero-order valence-corrected chi connectivity index (χ0v) is 19.2. The Morgan fingerprint density at radius 1 is 1.13 bits per heavy atom. The van der Waals surface area contributed by atoms with Crippen molar-refractivity contribution in [1.82, 2.24) is 9.88 Å². The van der Waals surface area contributed by atoms with Crippen LogP contribution in [0.25, 0.3) is 10.2 Å². The van der Waals surface area contributed by atoms with Crippen molar-refractivity contribution in [3.05, 3.63) is 52.5 Å². The minimum absolute atomic E-state index is 0.0589. The number of rotatable bonds is 3. The van der Waals surface area contributed by atoms with Crippen LogP contribution in [0.4, 0.5) is 5.69 Å². The molecule has 2 aliphatic rings. The van der Waals surface area contributed by atoms with Crippen molar-refractivity contribution in [1.29, 1.82) is 0 Å². The molecule has 0 unspecified atom stereocenters. The lowest BCUT2D eigenvalue weighted by Gasteiger charge is -2.45. The average Bonchev–Trinajstić information content (AvgIpc) is 3.34. The SMILES string of the molecule is Cc1ccc(C)c(N2C(=O)c3cc4sccc4n3C[C@]2(C)C(=O)NC2CCCCC2)c1. The van der Waals surface area contributed by atoms with E-state index in [2.05, 4.69) is 5.32 Å². The number of nitrogens with zero attached hydrogens (tertiary/aromatic N) is 2. The molecular formula is C25H29N3O2S. The second kappa shape index (κ2) is 7.52. The monoisotopic (exact) mass is 435 g/mol. The molecule has 3 aromatic rings. The summed E-state index contributed by atoms with van der Waals surface area (Å²) in [5, 5.41) is 5.35. The third-order valence-corrected chi connectivity index (χ3v) is 7.79. The standard InChI is InChI=1S/C25H29N3O2S/c1-16-9-10-17(2)20(13-16)28-23(29)21-14-22-19(11-12-31-22)27(21)15-25(28,3)24(30)26-18-7-5-4-6-8-18/h9-14,18H,4-8,15H2,1-3H3,(H,26,30)/t25-/m1/s1. The number of benzene rings is 1. The highest BCUT2D eigenvalue weighted by Crippen LogP contribution is 2.38. The lowest BCUT2D eigenvalue weighted by atomic mass is 9.90. The summed E-state index contributed by atoms with van der Waals surface area (Å²) in [5.74, 6) is -0.166. The van der Waals surface area contributed by atoms with Gasteiger partial charge in [-0.25, -0.2) is 0 Å². The highest BCUT2D eigenvalue weighted by Gasteiger charge is 2.49. The molecule has 0 radical (unpaired) electrons. The summed E-state index contributed by atoms with van der Waals surface area (Å²) in [6.07, 6.45) is 5.57. The molecule has 6 heteroatoms. The molecular weight excluding hydrogens is 406 g/mol.